The third kappa shape index (κ3) is 19.2. The molecule has 0 fully saturated rings. The number of benzene rings is 12. The molecule has 0 N–H and O–H groups in total. The van der Waals surface area contributed by atoms with E-state index in [1.54, 1.807) is 12.4 Å². The topological polar surface area (TPSA) is 77.3 Å². The van der Waals surface area contributed by atoms with Gasteiger partial charge in [-0.1, -0.05) is 302 Å². The summed E-state index contributed by atoms with van der Waals surface area (Å²) in [6.07, 6.45) is 7.24. The maximum Gasteiger partial charge on any atom is 0.159 e. The highest BCUT2D eigenvalue weighted by Crippen LogP contribution is 2.31. The highest BCUT2D eigenvalue weighted by Gasteiger charge is 2.10. The number of hydrogen-bond acceptors (Lipinski definition) is 6. The van der Waals surface area contributed by atoms with E-state index >= 15 is 0 Å². The molecule has 0 atom stereocenters. The Morgan fingerprint density at radius 1 is 0.214 bits per heavy atom. The molecule has 12 aromatic carbocycles. The zero-order valence-corrected chi connectivity index (χ0v) is 56.3. The fourth-order valence-corrected chi connectivity index (χ4v) is 11.2. The quantitative estimate of drug-likeness (QED) is 0.151. The fraction of sp³-hybridized carbons (Fsp3) is 0.0652. The summed E-state index contributed by atoms with van der Waals surface area (Å²) in [7, 11) is 0. The normalized spacial score (nSPS) is 10.3. The Labute approximate surface area is 577 Å². The van der Waals surface area contributed by atoms with Gasteiger partial charge in [-0.25, -0.2) is 24.9 Å². The summed E-state index contributed by atoms with van der Waals surface area (Å²) >= 11 is 0. The Bertz CT molecular complexity index is 5110. The van der Waals surface area contributed by atoms with E-state index < -0.39 is 0 Å². The fourth-order valence-electron chi connectivity index (χ4n) is 11.2. The van der Waals surface area contributed by atoms with Gasteiger partial charge in [0.15, 0.2) is 5.82 Å². The molecule has 0 aliphatic heterocycles. The maximum absolute atomic E-state index is 4.85. The zero-order chi connectivity index (χ0) is 67.7. The number of aromatic nitrogens is 6. The number of rotatable bonds is 8. The van der Waals surface area contributed by atoms with E-state index in [2.05, 4.69) is 315 Å². The van der Waals surface area contributed by atoms with E-state index in [1.165, 1.54) is 82.7 Å². The van der Waals surface area contributed by atoms with Crippen LogP contribution in [0, 0.1) is 41.5 Å². The summed E-state index contributed by atoms with van der Waals surface area (Å²) in [5.41, 5.74) is 23.0. The average molecular weight is 1270 g/mol. The Kier molecular flexibility index (Phi) is 23.4. The monoisotopic (exact) mass is 1270 g/mol. The molecule has 0 radical (unpaired) electrons. The second kappa shape index (κ2) is 34.2. The molecule has 0 spiro atoms. The lowest BCUT2D eigenvalue weighted by Gasteiger charge is -2.09. The summed E-state index contributed by atoms with van der Waals surface area (Å²) in [4.78, 5) is 26.8. The van der Waals surface area contributed by atoms with Gasteiger partial charge in [0.05, 0.1) is 22.8 Å². The predicted molar refractivity (Wildman–Crippen MR) is 412 cm³/mol. The van der Waals surface area contributed by atoms with Crippen molar-refractivity contribution in [1.29, 1.82) is 0 Å². The molecule has 0 bridgehead atoms. The molecule has 476 valence electrons. The van der Waals surface area contributed by atoms with Crippen molar-refractivity contribution in [2.75, 3.05) is 0 Å². The molecular weight excluding hydrogens is 1190 g/mol. The van der Waals surface area contributed by atoms with Gasteiger partial charge in [-0.2, -0.15) is 0 Å². The summed E-state index contributed by atoms with van der Waals surface area (Å²) in [5.74, 6) is 1.55. The maximum atomic E-state index is 4.85. The van der Waals surface area contributed by atoms with Gasteiger partial charge in [0.1, 0.15) is 5.82 Å². The zero-order valence-electron chi connectivity index (χ0n) is 56.3. The molecule has 0 amide bonds. The van der Waals surface area contributed by atoms with Gasteiger partial charge in [0.2, 0.25) is 0 Å². The Hall–Kier alpha value is -12.4. The minimum atomic E-state index is 0.758. The largest absolute Gasteiger partial charge is 0.264 e. The van der Waals surface area contributed by atoms with Gasteiger partial charge in [-0.05, 0) is 162 Å². The summed E-state index contributed by atoms with van der Waals surface area (Å²) in [5, 5.41) is 5.33. The summed E-state index contributed by atoms with van der Waals surface area (Å²) in [6.45, 7) is 12.5. The van der Waals surface area contributed by atoms with E-state index in [0.29, 0.717) is 0 Å². The van der Waals surface area contributed by atoms with Crippen LogP contribution in [-0.4, -0.2) is 29.9 Å². The van der Waals surface area contributed by atoms with Crippen molar-refractivity contribution in [3.8, 4) is 89.8 Å². The lowest BCUT2D eigenvalue weighted by molar-refractivity contribution is 1.06. The van der Waals surface area contributed by atoms with Crippen LogP contribution in [0.5, 0.6) is 0 Å². The third-order valence-electron chi connectivity index (χ3n) is 16.3. The molecule has 0 unspecified atom stereocenters. The first-order chi connectivity index (χ1) is 48.0. The highest BCUT2D eigenvalue weighted by molar-refractivity contribution is 5.85. The van der Waals surface area contributed by atoms with Crippen molar-refractivity contribution in [1.82, 2.24) is 29.9 Å². The number of fused-ring (bicyclic) bond motifs is 2. The number of hydrogen-bond donors (Lipinski definition) is 0. The molecule has 0 saturated heterocycles. The number of nitrogens with zero attached hydrogens (tertiary/aromatic N) is 6. The van der Waals surface area contributed by atoms with Crippen LogP contribution in [0.25, 0.3) is 111 Å². The average Bonchev–Trinajstić information content (AvgIpc) is 1.03. The second-order valence-corrected chi connectivity index (χ2v) is 23.9. The molecule has 4 aromatic heterocycles. The van der Waals surface area contributed by atoms with E-state index in [9.17, 15) is 0 Å². The first-order valence-corrected chi connectivity index (χ1v) is 33.0. The van der Waals surface area contributed by atoms with Crippen LogP contribution in [-0.2, 0) is 0 Å². The third-order valence-corrected chi connectivity index (χ3v) is 16.3. The molecule has 16 rings (SSSR count). The van der Waals surface area contributed by atoms with Crippen LogP contribution in [0.4, 0.5) is 0 Å². The first kappa shape index (κ1) is 67.1. The van der Waals surface area contributed by atoms with E-state index in [4.69, 9.17) is 9.97 Å². The molecule has 0 aliphatic carbocycles. The molecule has 0 saturated carbocycles. The molecule has 98 heavy (non-hydrogen) atoms. The second-order valence-electron chi connectivity index (χ2n) is 23.9. The van der Waals surface area contributed by atoms with Crippen molar-refractivity contribution in [3.05, 3.63) is 398 Å². The standard InChI is InChI=1S/2C23H18N2.C17H14N2.2C11H10.C7H8/c1-17-13-20(18-7-3-2-4-8-18)15-21(14-17)23-11-5-10-22(25-23)19-9-6-12-24-16-19;1-17-6-5-9-21(16-17)23-24-15-14-22(25-23)20-12-10-19(11-13-20)18-7-3-2-4-8-18;1-13-18-12-11-17(19-13)16-9-7-15(8-10-16)14-5-3-2-4-6-14;1-9-5-4-7-10-6-2-3-8-11(9)10;1-9-6-7-10-4-2-3-5-11(10)8-9;1-7-5-3-2-4-6-7/h2*2-16H,1H3;2-12H,1H3;2*2-8H,1H3;2-6H,1H3. The number of pyridine rings is 2. The molecule has 16 aromatic rings. The van der Waals surface area contributed by atoms with Gasteiger partial charge < -0.3 is 0 Å². The Morgan fingerprint density at radius 3 is 1.23 bits per heavy atom. The molecular formula is C92H78N6. The molecule has 6 nitrogen and oxygen atoms in total. The van der Waals surface area contributed by atoms with Crippen LogP contribution < -0.4 is 0 Å². The van der Waals surface area contributed by atoms with Crippen LogP contribution in [0.3, 0.4) is 0 Å². The minimum absolute atomic E-state index is 0.758. The van der Waals surface area contributed by atoms with E-state index in [-0.39, 0.29) is 0 Å². The lowest BCUT2D eigenvalue weighted by atomic mass is 9.98. The van der Waals surface area contributed by atoms with Crippen LogP contribution >= 0.6 is 0 Å². The number of aryl methyl sites for hydroxylation is 6. The van der Waals surface area contributed by atoms with Gasteiger partial charge in [-0.15, -0.1) is 0 Å². The van der Waals surface area contributed by atoms with Gasteiger partial charge in [0.25, 0.3) is 0 Å². The SMILES string of the molecule is Cc1cc(-c2ccccc2)cc(-c2cccc(-c3cccnc3)n2)c1.Cc1ccc2ccccc2c1.Cc1cccc(-c2nccc(-c3ccc(-c4ccccc4)cc3)n2)c1.Cc1cccc2ccccc12.Cc1ccccc1.Cc1nccc(-c2ccc(-c3ccccc3)cc2)n1. The van der Waals surface area contributed by atoms with Crippen LogP contribution in [0.2, 0.25) is 0 Å². The predicted octanol–water partition coefficient (Wildman–Crippen LogP) is 24.0. The smallest absolute Gasteiger partial charge is 0.159 e. The molecule has 0 aliphatic rings. The van der Waals surface area contributed by atoms with Crippen molar-refractivity contribution in [3.63, 3.8) is 0 Å². The highest BCUT2D eigenvalue weighted by atomic mass is 14.9. The van der Waals surface area contributed by atoms with Gasteiger partial charge in [-0.3, -0.25) is 4.98 Å². The summed E-state index contributed by atoms with van der Waals surface area (Å²) in [6, 6.07) is 117. The van der Waals surface area contributed by atoms with E-state index in [0.717, 1.165) is 62.2 Å². The van der Waals surface area contributed by atoms with Crippen molar-refractivity contribution in [2.45, 2.75) is 41.5 Å². The minimum Gasteiger partial charge on any atom is -0.264 e. The van der Waals surface area contributed by atoms with Gasteiger partial charge in [0, 0.05) is 52.6 Å². The lowest BCUT2D eigenvalue weighted by Crippen LogP contribution is -1.92. The first-order valence-electron chi connectivity index (χ1n) is 33.0. The Balaban J connectivity index is 0.000000125. The van der Waals surface area contributed by atoms with Crippen molar-refractivity contribution in [2.24, 2.45) is 0 Å². The summed E-state index contributed by atoms with van der Waals surface area (Å²) < 4.78 is 0. The molecule has 4 heterocycles. The van der Waals surface area contributed by atoms with E-state index in [1.807, 2.05) is 98.2 Å². The van der Waals surface area contributed by atoms with Crippen LogP contribution in [0.15, 0.2) is 365 Å². The molecule has 6 heteroatoms. The van der Waals surface area contributed by atoms with Crippen molar-refractivity contribution >= 4 is 21.5 Å². The Morgan fingerprint density at radius 2 is 0.653 bits per heavy atom. The van der Waals surface area contributed by atoms with Gasteiger partial charge >= 0.3 is 0 Å². The van der Waals surface area contributed by atoms with Crippen LogP contribution in [0.1, 0.15) is 33.6 Å². The van der Waals surface area contributed by atoms with Crippen molar-refractivity contribution < 1.29 is 0 Å².